The predicted octanol–water partition coefficient (Wildman–Crippen LogP) is 1.13. The summed E-state index contributed by atoms with van der Waals surface area (Å²) in [5, 5.41) is 14.8. The molecule has 0 unspecified atom stereocenters. The van der Waals surface area contributed by atoms with Crippen molar-refractivity contribution in [3.63, 3.8) is 0 Å². The summed E-state index contributed by atoms with van der Waals surface area (Å²) in [6.07, 6.45) is 0.827. The molecule has 1 saturated heterocycles. The fraction of sp³-hybridized carbons (Fsp3) is 0.615. The Kier molecular flexibility index (Phi) is 5.13. The van der Waals surface area contributed by atoms with Crippen LogP contribution in [0.25, 0.3) is 0 Å². The van der Waals surface area contributed by atoms with Gasteiger partial charge < -0.3 is 20.5 Å². The van der Waals surface area contributed by atoms with Gasteiger partial charge in [0.1, 0.15) is 0 Å². The van der Waals surface area contributed by atoms with Gasteiger partial charge in [0, 0.05) is 24.6 Å². The molecule has 7 nitrogen and oxygen atoms in total. The minimum Gasteiger partial charge on any atom is -0.481 e. The molecule has 0 aromatic carbocycles. The minimum absolute atomic E-state index is 0.110. The maximum Gasteiger partial charge on any atom is 0.315 e. The molecular weight excluding hydrogens is 294 g/mol. The summed E-state index contributed by atoms with van der Waals surface area (Å²) in [4.78, 5) is 28.3. The maximum absolute atomic E-state index is 11.8. The first-order chi connectivity index (χ1) is 10.0. The van der Waals surface area contributed by atoms with Crippen LogP contribution in [-0.2, 0) is 16.1 Å². The van der Waals surface area contributed by atoms with E-state index < -0.39 is 11.4 Å². The third kappa shape index (κ3) is 3.92. The van der Waals surface area contributed by atoms with Gasteiger partial charge in [-0.25, -0.2) is 9.78 Å². The fourth-order valence-corrected chi connectivity index (χ4v) is 2.91. The number of nitrogens with zero attached hydrogens (tertiary/aromatic N) is 1. The second-order valence-electron chi connectivity index (χ2n) is 5.10. The summed E-state index contributed by atoms with van der Waals surface area (Å²) in [6, 6.07) is -0.366. The number of carbonyl (C=O) groups is 2. The Morgan fingerprint density at radius 2 is 2.14 bits per heavy atom. The molecule has 2 amide bonds. The average Bonchev–Trinajstić information content (AvgIpc) is 2.89. The van der Waals surface area contributed by atoms with E-state index in [0.717, 1.165) is 10.6 Å². The molecule has 8 heteroatoms. The van der Waals surface area contributed by atoms with Gasteiger partial charge in [0.05, 0.1) is 23.2 Å². The highest BCUT2D eigenvalue weighted by atomic mass is 32.1. The van der Waals surface area contributed by atoms with Crippen molar-refractivity contribution in [1.29, 1.82) is 0 Å². The SMILES string of the molecule is Cc1ncsc1CNC(=O)NCC1(C(=O)O)CCOCC1. The number of urea groups is 1. The average molecular weight is 313 g/mol. The molecule has 0 bridgehead atoms. The molecule has 3 N–H and O–H groups in total. The van der Waals surface area contributed by atoms with E-state index in [0.29, 0.717) is 32.6 Å². The Hall–Kier alpha value is -1.67. The number of amides is 2. The van der Waals surface area contributed by atoms with Gasteiger partial charge in [-0.15, -0.1) is 11.3 Å². The summed E-state index contributed by atoms with van der Waals surface area (Å²) < 4.78 is 5.19. The lowest BCUT2D eigenvalue weighted by molar-refractivity contribution is -0.154. The molecule has 0 aliphatic carbocycles. The van der Waals surface area contributed by atoms with E-state index >= 15 is 0 Å². The largest absolute Gasteiger partial charge is 0.481 e. The van der Waals surface area contributed by atoms with Crippen molar-refractivity contribution < 1.29 is 19.4 Å². The van der Waals surface area contributed by atoms with Gasteiger partial charge in [-0.1, -0.05) is 0 Å². The fourth-order valence-electron chi connectivity index (χ4n) is 2.20. The smallest absolute Gasteiger partial charge is 0.315 e. The number of hydrogen-bond donors (Lipinski definition) is 3. The van der Waals surface area contributed by atoms with Crippen molar-refractivity contribution in [2.45, 2.75) is 26.3 Å². The summed E-state index contributed by atoms with van der Waals surface area (Å²) in [5.74, 6) is -0.885. The van der Waals surface area contributed by atoms with Gasteiger partial charge >= 0.3 is 12.0 Å². The molecule has 2 rings (SSSR count). The van der Waals surface area contributed by atoms with Crippen molar-refractivity contribution in [2.24, 2.45) is 5.41 Å². The second-order valence-corrected chi connectivity index (χ2v) is 6.03. The standard InChI is InChI=1S/C13H19N3O4S/c1-9-10(21-8-16-9)6-14-12(19)15-7-13(11(17)18)2-4-20-5-3-13/h8H,2-7H2,1H3,(H,17,18)(H2,14,15,19). The molecule has 116 valence electrons. The molecule has 2 heterocycles. The van der Waals surface area contributed by atoms with Gasteiger partial charge in [0.25, 0.3) is 0 Å². The number of hydrogen-bond acceptors (Lipinski definition) is 5. The molecule has 1 fully saturated rings. The maximum atomic E-state index is 11.8. The lowest BCUT2D eigenvalue weighted by Gasteiger charge is -2.33. The van der Waals surface area contributed by atoms with E-state index in [2.05, 4.69) is 15.6 Å². The summed E-state index contributed by atoms with van der Waals surface area (Å²) >= 11 is 1.48. The molecule has 1 aliphatic rings. The molecule has 21 heavy (non-hydrogen) atoms. The molecule has 1 aliphatic heterocycles. The third-order valence-corrected chi connectivity index (χ3v) is 4.68. The first-order valence-corrected chi connectivity index (χ1v) is 7.63. The summed E-state index contributed by atoms with van der Waals surface area (Å²) in [5.41, 5.74) is 1.70. The Morgan fingerprint density at radius 3 is 2.71 bits per heavy atom. The minimum atomic E-state index is -0.921. The topological polar surface area (TPSA) is 101 Å². The number of aromatic nitrogens is 1. The first-order valence-electron chi connectivity index (χ1n) is 6.75. The van der Waals surface area contributed by atoms with Crippen LogP contribution in [0.5, 0.6) is 0 Å². The van der Waals surface area contributed by atoms with Gasteiger partial charge in [-0.05, 0) is 19.8 Å². The predicted molar refractivity (Wildman–Crippen MR) is 77.2 cm³/mol. The number of carbonyl (C=O) groups excluding carboxylic acids is 1. The molecule has 1 aromatic rings. The van der Waals surface area contributed by atoms with Crippen LogP contribution in [0.3, 0.4) is 0 Å². The van der Waals surface area contributed by atoms with Crippen LogP contribution in [0.15, 0.2) is 5.51 Å². The van der Waals surface area contributed by atoms with E-state index in [9.17, 15) is 14.7 Å². The molecule has 0 atom stereocenters. The zero-order valence-electron chi connectivity index (χ0n) is 11.8. The van der Waals surface area contributed by atoms with E-state index in [1.807, 2.05) is 6.92 Å². The van der Waals surface area contributed by atoms with E-state index in [1.54, 1.807) is 5.51 Å². The zero-order valence-corrected chi connectivity index (χ0v) is 12.7. The van der Waals surface area contributed by atoms with Crippen LogP contribution < -0.4 is 10.6 Å². The van der Waals surface area contributed by atoms with Gasteiger partial charge in [-0.2, -0.15) is 0 Å². The molecule has 0 saturated carbocycles. The highest BCUT2D eigenvalue weighted by Crippen LogP contribution is 2.30. The second kappa shape index (κ2) is 6.86. The van der Waals surface area contributed by atoms with Crippen LogP contribution in [-0.4, -0.2) is 41.8 Å². The van der Waals surface area contributed by atoms with Crippen molar-refractivity contribution in [3.8, 4) is 0 Å². The highest BCUT2D eigenvalue weighted by Gasteiger charge is 2.40. The van der Waals surface area contributed by atoms with E-state index in [-0.39, 0.29) is 12.6 Å². The molecular formula is C13H19N3O4S. The van der Waals surface area contributed by atoms with Gasteiger partial charge in [0.2, 0.25) is 0 Å². The lowest BCUT2D eigenvalue weighted by atomic mass is 9.80. The normalized spacial score (nSPS) is 17.2. The summed E-state index contributed by atoms with van der Waals surface area (Å²) in [6.45, 7) is 3.21. The van der Waals surface area contributed by atoms with Crippen molar-refractivity contribution in [3.05, 3.63) is 16.1 Å². The Labute approximate surface area is 126 Å². The highest BCUT2D eigenvalue weighted by molar-refractivity contribution is 7.09. The third-order valence-electron chi connectivity index (χ3n) is 3.75. The number of thiazole rings is 1. The Bertz CT molecular complexity index is 511. The van der Waals surface area contributed by atoms with Crippen molar-refractivity contribution in [2.75, 3.05) is 19.8 Å². The Balaban J connectivity index is 1.82. The number of rotatable bonds is 5. The molecule has 0 spiro atoms. The zero-order chi connectivity index (χ0) is 15.3. The van der Waals surface area contributed by atoms with Crippen molar-refractivity contribution >= 4 is 23.3 Å². The number of aryl methyl sites for hydroxylation is 1. The number of nitrogens with one attached hydrogen (secondary N) is 2. The van der Waals surface area contributed by atoms with Crippen LogP contribution in [0, 0.1) is 12.3 Å². The monoisotopic (exact) mass is 313 g/mol. The summed E-state index contributed by atoms with van der Waals surface area (Å²) in [7, 11) is 0. The van der Waals surface area contributed by atoms with Gasteiger partial charge in [-0.3, -0.25) is 4.79 Å². The number of ether oxygens (including phenoxy) is 1. The van der Waals surface area contributed by atoms with Crippen LogP contribution in [0.4, 0.5) is 4.79 Å². The van der Waals surface area contributed by atoms with Crippen LogP contribution in [0.1, 0.15) is 23.4 Å². The number of carboxylic acids is 1. The number of aliphatic carboxylic acids is 1. The molecule has 0 radical (unpaired) electrons. The van der Waals surface area contributed by atoms with Crippen LogP contribution >= 0.6 is 11.3 Å². The van der Waals surface area contributed by atoms with E-state index in [1.165, 1.54) is 11.3 Å². The van der Waals surface area contributed by atoms with Crippen molar-refractivity contribution in [1.82, 2.24) is 15.6 Å². The van der Waals surface area contributed by atoms with Gasteiger partial charge in [0.15, 0.2) is 0 Å². The molecule has 1 aromatic heterocycles. The quantitative estimate of drug-likeness (QED) is 0.756. The lowest BCUT2D eigenvalue weighted by Crippen LogP contribution is -2.48. The van der Waals surface area contributed by atoms with Crippen LogP contribution in [0.2, 0.25) is 0 Å². The number of carboxylic acid groups (broad SMARTS) is 1. The Morgan fingerprint density at radius 1 is 1.43 bits per heavy atom. The first kappa shape index (κ1) is 15.7. The van der Waals surface area contributed by atoms with E-state index in [4.69, 9.17) is 4.74 Å².